The second-order valence-electron chi connectivity index (χ2n) is 9.90. The zero-order valence-electron chi connectivity index (χ0n) is 23.8. The van der Waals surface area contributed by atoms with Crippen molar-refractivity contribution in [3.05, 3.63) is 181 Å². The lowest BCUT2D eigenvalue weighted by Crippen LogP contribution is -2.23. The SMILES string of the molecule is C(=NCN=Cc1ccccc1P(c1ccccc1)c1ccccc1)c1ccccc1P(c1ccccc1)c1ccccc1. The Kier molecular flexibility index (Phi) is 9.73. The Labute approximate surface area is 257 Å². The maximum atomic E-state index is 4.77. The topological polar surface area (TPSA) is 24.7 Å². The quantitative estimate of drug-likeness (QED) is 0.125. The van der Waals surface area contributed by atoms with Gasteiger partial charge in [0.15, 0.2) is 0 Å². The van der Waals surface area contributed by atoms with E-state index in [0.29, 0.717) is 6.67 Å². The van der Waals surface area contributed by atoms with Gasteiger partial charge in [-0.1, -0.05) is 170 Å². The molecule has 2 nitrogen and oxygen atoms in total. The fourth-order valence-corrected chi connectivity index (χ4v) is 9.93. The van der Waals surface area contributed by atoms with Crippen molar-refractivity contribution in [3.8, 4) is 0 Å². The van der Waals surface area contributed by atoms with E-state index in [1.165, 1.54) is 31.8 Å². The molecule has 0 N–H and O–H groups in total. The molecule has 0 bridgehead atoms. The zero-order valence-corrected chi connectivity index (χ0v) is 25.6. The summed E-state index contributed by atoms with van der Waals surface area (Å²) >= 11 is 0. The predicted molar refractivity (Wildman–Crippen MR) is 190 cm³/mol. The first-order valence-corrected chi connectivity index (χ1v) is 17.0. The normalized spacial score (nSPS) is 11.6. The Morgan fingerprint density at radius 2 is 0.628 bits per heavy atom. The van der Waals surface area contributed by atoms with Crippen molar-refractivity contribution < 1.29 is 0 Å². The van der Waals surface area contributed by atoms with Crippen molar-refractivity contribution in [1.82, 2.24) is 0 Å². The molecule has 0 aliphatic carbocycles. The first kappa shape index (κ1) is 28.6. The highest BCUT2D eigenvalue weighted by atomic mass is 31.1. The Hall–Kier alpha value is -4.48. The van der Waals surface area contributed by atoms with Gasteiger partial charge in [-0.2, -0.15) is 0 Å². The second kappa shape index (κ2) is 14.6. The van der Waals surface area contributed by atoms with Gasteiger partial charge in [-0.3, -0.25) is 9.98 Å². The van der Waals surface area contributed by atoms with Gasteiger partial charge in [0.2, 0.25) is 0 Å². The van der Waals surface area contributed by atoms with Crippen LogP contribution >= 0.6 is 15.8 Å². The van der Waals surface area contributed by atoms with Crippen LogP contribution in [-0.2, 0) is 0 Å². The summed E-state index contributed by atoms with van der Waals surface area (Å²) in [4.78, 5) is 9.54. The van der Waals surface area contributed by atoms with Gasteiger partial charge in [-0.05, 0) is 47.7 Å². The standard InChI is InChI=1S/C39H32N2P2/c1-5-19-34(20-6-1)42(35-21-7-2-8-22-35)38-27-15-13-17-32(38)29-40-31-41-30-33-18-14-16-28-39(33)43(36-23-9-3-10-24-36)37-25-11-4-12-26-37/h1-30H,31H2. The van der Waals surface area contributed by atoms with Crippen molar-refractivity contribution in [2.75, 3.05) is 6.67 Å². The molecular weight excluding hydrogens is 558 g/mol. The molecule has 0 saturated carbocycles. The molecule has 0 saturated heterocycles. The zero-order chi connectivity index (χ0) is 29.1. The van der Waals surface area contributed by atoms with E-state index in [1.807, 2.05) is 12.4 Å². The van der Waals surface area contributed by atoms with Crippen LogP contribution in [0.2, 0.25) is 0 Å². The van der Waals surface area contributed by atoms with E-state index in [2.05, 4.69) is 170 Å². The summed E-state index contributed by atoms with van der Waals surface area (Å²) in [5, 5.41) is 7.90. The van der Waals surface area contributed by atoms with E-state index in [0.717, 1.165) is 11.1 Å². The monoisotopic (exact) mass is 590 g/mol. The molecule has 0 fully saturated rings. The lowest BCUT2D eigenvalue weighted by Gasteiger charge is -2.21. The molecule has 6 rings (SSSR count). The van der Waals surface area contributed by atoms with Crippen molar-refractivity contribution in [1.29, 1.82) is 0 Å². The summed E-state index contributed by atoms with van der Waals surface area (Å²) < 4.78 is 0. The van der Waals surface area contributed by atoms with Crippen molar-refractivity contribution in [2.45, 2.75) is 0 Å². The molecule has 6 aromatic rings. The number of hydrogen-bond donors (Lipinski definition) is 0. The van der Waals surface area contributed by atoms with Crippen LogP contribution in [0.5, 0.6) is 0 Å². The lowest BCUT2D eigenvalue weighted by molar-refractivity contribution is 1.08. The van der Waals surface area contributed by atoms with Gasteiger partial charge in [0.25, 0.3) is 0 Å². The molecule has 208 valence electrons. The maximum absolute atomic E-state index is 4.77. The van der Waals surface area contributed by atoms with Crippen molar-refractivity contribution in [3.63, 3.8) is 0 Å². The number of aliphatic imine (C=N–C) groups is 2. The molecule has 0 atom stereocenters. The Morgan fingerprint density at radius 3 is 0.953 bits per heavy atom. The van der Waals surface area contributed by atoms with E-state index in [-0.39, 0.29) is 0 Å². The van der Waals surface area contributed by atoms with Gasteiger partial charge >= 0.3 is 0 Å². The first-order chi connectivity index (χ1) is 21.4. The highest BCUT2D eigenvalue weighted by Crippen LogP contribution is 2.34. The minimum absolute atomic E-state index is 0.367. The van der Waals surface area contributed by atoms with Crippen LogP contribution in [0.1, 0.15) is 11.1 Å². The van der Waals surface area contributed by atoms with Crippen molar-refractivity contribution in [2.24, 2.45) is 9.98 Å². The predicted octanol–water partition coefficient (Wildman–Crippen LogP) is 6.70. The highest BCUT2D eigenvalue weighted by Gasteiger charge is 2.19. The summed E-state index contributed by atoms with van der Waals surface area (Å²) in [5.41, 5.74) is 2.27. The summed E-state index contributed by atoms with van der Waals surface area (Å²) in [6.07, 6.45) is 3.97. The molecule has 0 amide bonds. The second-order valence-corrected chi connectivity index (χ2v) is 14.3. The highest BCUT2D eigenvalue weighted by molar-refractivity contribution is 7.80. The van der Waals surface area contributed by atoms with Crippen LogP contribution in [-0.4, -0.2) is 19.1 Å². The van der Waals surface area contributed by atoms with E-state index < -0.39 is 15.8 Å². The lowest BCUT2D eigenvalue weighted by atomic mass is 10.2. The number of hydrogen-bond acceptors (Lipinski definition) is 2. The summed E-state index contributed by atoms with van der Waals surface area (Å²) in [7, 11) is -1.42. The number of rotatable bonds is 10. The van der Waals surface area contributed by atoms with Gasteiger partial charge in [0, 0.05) is 23.6 Å². The fourth-order valence-electron chi connectivity index (χ4n) is 5.09. The molecule has 6 aromatic carbocycles. The molecule has 0 radical (unpaired) electrons. The molecule has 0 aliphatic heterocycles. The third-order valence-electron chi connectivity index (χ3n) is 7.04. The van der Waals surface area contributed by atoms with E-state index in [1.54, 1.807) is 0 Å². The first-order valence-electron chi connectivity index (χ1n) is 14.4. The van der Waals surface area contributed by atoms with E-state index in [4.69, 9.17) is 9.98 Å². The Bertz CT molecular complexity index is 1570. The van der Waals surface area contributed by atoms with Crippen LogP contribution in [0.25, 0.3) is 0 Å². The average molecular weight is 591 g/mol. The average Bonchev–Trinajstić information content (AvgIpc) is 3.08. The summed E-state index contributed by atoms with van der Waals surface area (Å²) in [6, 6.07) is 60.4. The van der Waals surface area contributed by atoms with E-state index in [9.17, 15) is 0 Å². The molecule has 43 heavy (non-hydrogen) atoms. The number of benzene rings is 6. The van der Waals surface area contributed by atoms with E-state index >= 15 is 0 Å². The van der Waals surface area contributed by atoms with Crippen molar-refractivity contribution >= 4 is 60.1 Å². The fraction of sp³-hybridized carbons (Fsp3) is 0.0256. The van der Waals surface area contributed by atoms with Gasteiger partial charge in [-0.15, -0.1) is 0 Å². The van der Waals surface area contributed by atoms with Crippen LogP contribution in [0.15, 0.2) is 180 Å². The number of nitrogens with zero attached hydrogens (tertiary/aromatic N) is 2. The van der Waals surface area contributed by atoms with Gasteiger partial charge < -0.3 is 0 Å². The molecule has 4 heteroatoms. The molecule has 0 aromatic heterocycles. The van der Waals surface area contributed by atoms with Gasteiger partial charge in [-0.25, -0.2) is 0 Å². The summed E-state index contributed by atoms with van der Waals surface area (Å²) in [6.45, 7) is 0.367. The molecule has 0 heterocycles. The maximum Gasteiger partial charge on any atom is 0.129 e. The van der Waals surface area contributed by atoms with Gasteiger partial charge in [0.1, 0.15) is 6.67 Å². The smallest absolute Gasteiger partial charge is 0.129 e. The van der Waals surface area contributed by atoms with Crippen LogP contribution in [0, 0.1) is 0 Å². The third-order valence-corrected chi connectivity index (χ3v) is 12.1. The Morgan fingerprint density at radius 1 is 0.349 bits per heavy atom. The molecule has 0 unspecified atom stereocenters. The van der Waals surface area contributed by atoms with Crippen LogP contribution in [0.3, 0.4) is 0 Å². The molecule has 0 aliphatic rings. The van der Waals surface area contributed by atoms with Gasteiger partial charge in [0.05, 0.1) is 0 Å². The molecule has 0 spiro atoms. The summed E-state index contributed by atoms with van der Waals surface area (Å²) in [5.74, 6) is 0. The van der Waals surface area contributed by atoms with Crippen LogP contribution in [0.4, 0.5) is 0 Å². The van der Waals surface area contributed by atoms with Crippen LogP contribution < -0.4 is 31.8 Å². The third kappa shape index (κ3) is 7.12. The minimum atomic E-state index is -0.711. The Balaban J connectivity index is 1.26. The largest absolute Gasteiger partial charge is 0.269 e. The minimum Gasteiger partial charge on any atom is -0.269 e. The molecular formula is C39H32N2P2.